The van der Waals surface area contributed by atoms with E-state index in [-0.39, 0.29) is 30.3 Å². The first-order valence-corrected chi connectivity index (χ1v) is 18.3. The number of ether oxygens (including phenoxy) is 4. The average Bonchev–Trinajstić information content (AvgIpc) is 3.57. The van der Waals surface area contributed by atoms with Crippen molar-refractivity contribution in [1.29, 1.82) is 0 Å². The van der Waals surface area contributed by atoms with Crippen molar-refractivity contribution in [1.82, 2.24) is 0 Å². The highest BCUT2D eigenvalue weighted by Crippen LogP contribution is 2.83. The lowest BCUT2D eigenvalue weighted by molar-refractivity contribution is -0.491. The Bertz CT molecular complexity index is 1230. The number of carbonyl (C=O) groups is 2. The Morgan fingerprint density at radius 3 is 2.50 bits per heavy atom. The van der Waals surface area contributed by atoms with Gasteiger partial charge >= 0.3 is 11.9 Å². The number of carboxylic acids is 1. The van der Waals surface area contributed by atoms with Crippen LogP contribution in [0, 0.1) is 57.2 Å². The topological polar surface area (TPSA) is 121 Å². The Labute approximate surface area is 250 Å². The van der Waals surface area contributed by atoms with Gasteiger partial charge in [0.05, 0.1) is 17.9 Å². The van der Waals surface area contributed by atoms with Crippen molar-refractivity contribution >= 4 is 21.3 Å². The Kier molecular flexibility index (Phi) is 6.17. The summed E-state index contributed by atoms with van der Waals surface area (Å²) in [7, 11) is -1.32. The van der Waals surface area contributed by atoms with E-state index in [4.69, 9.17) is 23.4 Å². The van der Waals surface area contributed by atoms with E-state index in [0.717, 1.165) is 24.7 Å². The molecule has 0 amide bonds. The summed E-state index contributed by atoms with van der Waals surface area (Å²) < 4.78 is 32.7. The van der Waals surface area contributed by atoms with Gasteiger partial charge in [-0.05, 0) is 67.4 Å². The largest absolute Gasteiger partial charge is 0.481 e. The van der Waals surface area contributed by atoms with Gasteiger partial charge in [-0.2, -0.15) is 0 Å². The normalized spacial score (nSPS) is 53.4. The molecule has 10 heteroatoms. The van der Waals surface area contributed by atoms with Crippen molar-refractivity contribution in [2.75, 3.05) is 6.61 Å². The molecule has 13 atom stereocenters. The van der Waals surface area contributed by atoms with Crippen LogP contribution in [0.15, 0.2) is 11.6 Å². The number of rotatable bonds is 8. The number of allylic oxidation sites excluding steroid dienone is 1. The van der Waals surface area contributed by atoms with Crippen LogP contribution in [0.2, 0.25) is 13.1 Å². The van der Waals surface area contributed by atoms with Gasteiger partial charge in [0.1, 0.15) is 23.9 Å². The lowest BCUT2D eigenvalue weighted by Gasteiger charge is -2.59. The minimum atomic E-state index is -1.58. The number of aldehydes is 1. The summed E-state index contributed by atoms with van der Waals surface area (Å²) >= 11 is 0. The van der Waals surface area contributed by atoms with E-state index < -0.39 is 72.8 Å². The van der Waals surface area contributed by atoms with E-state index in [1.54, 1.807) is 0 Å². The van der Waals surface area contributed by atoms with Crippen molar-refractivity contribution in [3.05, 3.63) is 11.6 Å². The first-order valence-electron chi connectivity index (χ1n) is 15.8. The van der Waals surface area contributed by atoms with Gasteiger partial charge in [0.25, 0.3) is 5.97 Å². The molecule has 13 unspecified atom stereocenters. The summed E-state index contributed by atoms with van der Waals surface area (Å²) in [6.45, 7) is 16.5. The molecule has 0 aromatic heterocycles. The molecule has 42 heavy (non-hydrogen) atoms. The van der Waals surface area contributed by atoms with Crippen molar-refractivity contribution < 1.29 is 43.2 Å². The van der Waals surface area contributed by atoms with E-state index in [1.807, 2.05) is 47.7 Å². The molecule has 0 aromatic carbocycles. The zero-order valence-corrected chi connectivity index (χ0v) is 27.1. The monoisotopic (exact) mass is 603 g/mol. The van der Waals surface area contributed by atoms with E-state index in [2.05, 4.69) is 13.0 Å². The molecular weight excluding hydrogens is 556 g/mol. The zero-order chi connectivity index (χ0) is 30.4. The predicted octanol–water partition coefficient (Wildman–Crippen LogP) is 4.35. The third-order valence-electron chi connectivity index (χ3n) is 12.5. The van der Waals surface area contributed by atoms with Crippen LogP contribution >= 0.6 is 0 Å². The predicted molar refractivity (Wildman–Crippen MR) is 152 cm³/mol. The van der Waals surface area contributed by atoms with E-state index in [0.29, 0.717) is 18.8 Å². The van der Waals surface area contributed by atoms with Crippen molar-refractivity contribution in [2.45, 2.75) is 111 Å². The van der Waals surface area contributed by atoms with Gasteiger partial charge < -0.3 is 33.6 Å². The van der Waals surface area contributed by atoms with Gasteiger partial charge in [-0.3, -0.25) is 9.53 Å². The second-order valence-corrected chi connectivity index (χ2v) is 18.1. The Morgan fingerprint density at radius 2 is 1.90 bits per heavy atom. The highest BCUT2D eigenvalue weighted by atomic mass is 28.3. The van der Waals surface area contributed by atoms with E-state index in [9.17, 15) is 19.8 Å². The van der Waals surface area contributed by atoms with Crippen LogP contribution in [0.3, 0.4) is 0 Å². The Morgan fingerprint density at radius 1 is 1.19 bits per heavy atom. The summed E-state index contributed by atoms with van der Waals surface area (Å²) in [6.07, 6.45) is 3.84. The number of aliphatic carboxylic acids is 1. The number of aliphatic hydroxyl groups is 1. The highest BCUT2D eigenvalue weighted by molar-refractivity contribution is 6.48. The minimum absolute atomic E-state index is 0.0263. The first kappa shape index (κ1) is 29.6. The number of hydrogen-bond acceptors (Lipinski definition) is 8. The molecule has 0 spiro atoms. The van der Waals surface area contributed by atoms with Crippen LogP contribution in [0.1, 0.15) is 67.2 Å². The third-order valence-corrected chi connectivity index (χ3v) is 13.2. The number of carboxylic acid groups (broad SMARTS) is 1. The molecule has 3 saturated carbocycles. The molecule has 1 radical (unpaired) electrons. The first-order chi connectivity index (χ1) is 19.6. The number of carbonyl (C=O) groups excluding carboxylic acids is 1. The SMILES string of the molecule is CC(C)C1=CC2CC3(C=O)C4CCC(C)C4CC2(COC24OC5C(O)C(OC5(O[Si](C)C)O2)C4C(C)(C)C)C13C(=O)O. The molecule has 2 N–H and O–H groups in total. The van der Waals surface area contributed by atoms with Crippen molar-refractivity contribution in [3.8, 4) is 0 Å². The van der Waals surface area contributed by atoms with Gasteiger partial charge in [0.15, 0.2) is 6.10 Å². The van der Waals surface area contributed by atoms with Crippen LogP contribution in [-0.4, -0.2) is 68.4 Å². The second kappa shape index (κ2) is 8.77. The molecular formula is C32H47O9Si. The number of fused-ring (bicyclic) bond motifs is 2. The fourth-order valence-corrected chi connectivity index (χ4v) is 12.1. The molecule has 4 saturated heterocycles. The molecule has 4 heterocycles. The fourth-order valence-electron chi connectivity index (χ4n) is 11.4. The molecule has 9 nitrogen and oxygen atoms in total. The quantitative estimate of drug-likeness (QED) is 0.237. The highest BCUT2D eigenvalue weighted by Gasteiger charge is 2.86. The van der Waals surface area contributed by atoms with Crippen LogP contribution in [0.5, 0.6) is 0 Å². The van der Waals surface area contributed by atoms with Crippen LogP contribution < -0.4 is 0 Å². The molecule has 4 aliphatic heterocycles. The fraction of sp³-hybridized carbons (Fsp3) is 0.875. The lowest BCUT2D eigenvalue weighted by Crippen LogP contribution is -2.66. The summed E-state index contributed by atoms with van der Waals surface area (Å²) in [5.41, 5.74) is -2.76. The lowest BCUT2D eigenvalue weighted by atomic mass is 9.43. The molecule has 233 valence electrons. The molecule has 4 aliphatic carbocycles. The summed E-state index contributed by atoms with van der Waals surface area (Å²) in [6, 6.07) is 0. The maximum atomic E-state index is 13.9. The van der Waals surface area contributed by atoms with Crippen LogP contribution in [0.4, 0.5) is 0 Å². The number of hydrogen-bond donors (Lipinski definition) is 2. The summed E-state index contributed by atoms with van der Waals surface area (Å²) in [5.74, 6) is -4.01. The summed E-state index contributed by atoms with van der Waals surface area (Å²) in [5, 5.41) is 22.6. The minimum Gasteiger partial charge on any atom is -0.481 e. The van der Waals surface area contributed by atoms with Crippen molar-refractivity contribution in [3.63, 3.8) is 0 Å². The van der Waals surface area contributed by atoms with Gasteiger partial charge in [0.2, 0.25) is 9.04 Å². The van der Waals surface area contributed by atoms with Crippen molar-refractivity contribution in [2.24, 2.45) is 57.2 Å². The van der Waals surface area contributed by atoms with E-state index >= 15 is 0 Å². The van der Waals surface area contributed by atoms with Crippen LogP contribution in [-0.2, 0) is 33.0 Å². The smallest absolute Gasteiger partial charge is 0.315 e. The van der Waals surface area contributed by atoms with Crippen LogP contribution in [0.25, 0.3) is 0 Å². The zero-order valence-electron chi connectivity index (χ0n) is 26.1. The van der Waals surface area contributed by atoms with Gasteiger partial charge in [-0.1, -0.05) is 59.6 Å². The Hall–Kier alpha value is -1.14. The maximum Gasteiger partial charge on any atom is 0.315 e. The molecule has 0 aromatic rings. The van der Waals surface area contributed by atoms with E-state index in [1.165, 1.54) is 0 Å². The molecule has 8 rings (SSSR count). The molecule has 8 bridgehead atoms. The Balaban J connectivity index is 1.35. The number of aliphatic hydroxyl groups excluding tert-OH is 1. The standard InChI is InChI=1S/C32H47O9Si/c1-16(2)21-11-18-12-28(14-33)20-10-9-17(3)19(20)13-29(18,30(21,28)26(35)36)15-37-31-24(27(4,5)6)23-22(34)25(39-31)32(38-23,40-31)41-42(7)8/h11,14,16-20,22-25,34H,9-10,12-13,15H2,1-8H3,(H,35,36). The van der Waals surface area contributed by atoms with Gasteiger partial charge in [0, 0.05) is 5.41 Å². The second-order valence-electron chi connectivity index (χ2n) is 16.0. The van der Waals surface area contributed by atoms with Gasteiger partial charge in [-0.25, -0.2) is 0 Å². The average molecular weight is 604 g/mol. The molecule has 8 aliphatic rings. The third kappa shape index (κ3) is 3.15. The molecule has 7 fully saturated rings. The van der Waals surface area contributed by atoms with Gasteiger partial charge in [-0.15, -0.1) is 0 Å². The maximum absolute atomic E-state index is 13.9. The summed E-state index contributed by atoms with van der Waals surface area (Å²) in [4.78, 5) is 27.3.